The number of nitrogens with zero attached hydrogens (tertiary/aromatic N) is 2. The molecule has 4 nitrogen and oxygen atoms in total. The summed E-state index contributed by atoms with van der Waals surface area (Å²) < 4.78 is 4.91. The van der Waals surface area contributed by atoms with E-state index in [4.69, 9.17) is 9.72 Å². The summed E-state index contributed by atoms with van der Waals surface area (Å²) in [7, 11) is 1.38. The van der Waals surface area contributed by atoms with Crippen LogP contribution in [0.5, 0.6) is 0 Å². The fraction of sp³-hybridized carbons (Fsp3) is 0.286. The van der Waals surface area contributed by atoms with Crippen LogP contribution in [0.15, 0.2) is 42.5 Å². The molecule has 0 amide bonds. The number of benzene rings is 1. The molecule has 0 radical (unpaired) electrons. The second kappa shape index (κ2) is 7.01. The van der Waals surface area contributed by atoms with Gasteiger partial charge in [0.05, 0.1) is 24.0 Å². The molecule has 0 aliphatic heterocycles. The molecule has 0 aliphatic carbocycles. The van der Waals surface area contributed by atoms with Gasteiger partial charge in [0.1, 0.15) is 0 Å². The zero-order valence-electron chi connectivity index (χ0n) is 15.0. The highest BCUT2D eigenvalue weighted by Gasteiger charge is 2.21. The van der Waals surface area contributed by atoms with Crippen molar-refractivity contribution in [2.24, 2.45) is 0 Å². The molecule has 4 heteroatoms. The van der Waals surface area contributed by atoms with Crippen LogP contribution >= 0.6 is 0 Å². The normalized spacial score (nSPS) is 12.2. The van der Waals surface area contributed by atoms with Crippen molar-refractivity contribution < 1.29 is 9.53 Å². The number of hydrogen-bond donors (Lipinski definition) is 0. The summed E-state index contributed by atoms with van der Waals surface area (Å²) >= 11 is 0. The van der Waals surface area contributed by atoms with Crippen LogP contribution in [-0.4, -0.2) is 23.0 Å². The van der Waals surface area contributed by atoms with E-state index in [1.807, 2.05) is 49.4 Å². The quantitative estimate of drug-likeness (QED) is 0.636. The number of carbonyl (C=O) groups is 1. The molecule has 0 fully saturated rings. The van der Waals surface area contributed by atoms with E-state index in [9.17, 15) is 4.79 Å². The number of esters is 1. The molecule has 128 valence electrons. The minimum Gasteiger partial charge on any atom is -0.464 e. The van der Waals surface area contributed by atoms with E-state index in [1.165, 1.54) is 7.11 Å². The number of rotatable bonds is 4. The van der Waals surface area contributed by atoms with Crippen LogP contribution in [0.4, 0.5) is 0 Å². The Morgan fingerprint density at radius 2 is 1.84 bits per heavy atom. The second-order valence-electron chi connectivity index (χ2n) is 6.23. The maximum absolute atomic E-state index is 12.1. The van der Waals surface area contributed by atoms with E-state index in [2.05, 4.69) is 18.8 Å². The van der Waals surface area contributed by atoms with Gasteiger partial charge in [-0.1, -0.05) is 50.2 Å². The Balaban J connectivity index is 2.30. The standard InChI is InChI=1S/C21H22N2O2/c1-5-13(2)18-20-16(14(3)19(23-18)21(24)25-4)11-12-17(22-20)15-9-7-6-8-10-15/h6-13H,5H2,1-4H3. The van der Waals surface area contributed by atoms with Crippen molar-refractivity contribution in [1.82, 2.24) is 9.97 Å². The number of aromatic nitrogens is 2. The van der Waals surface area contributed by atoms with Gasteiger partial charge in [0.2, 0.25) is 0 Å². The summed E-state index contributed by atoms with van der Waals surface area (Å²) in [6.07, 6.45) is 0.920. The first-order valence-electron chi connectivity index (χ1n) is 8.51. The van der Waals surface area contributed by atoms with Crippen molar-refractivity contribution >= 4 is 16.9 Å². The molecule has 0 N–H and O–H groups in total. The summed E-state index contributed by atoms with van der Waals surface area (Å²) in [5.74, 6) is -0.207. The lowest BCUT2D eigenvalue weighted by Crippen LogP contribution is -2.12. The SMILES string of the molecule is CCC(C)c1nc(C(=O)OC)c(C)c2ccc(-c3ccccc3)nc12. The zero-order chi connectivity index (χ0) is 18.0. The minimum absolute atomic E-state index is 0.199. The van der Waals surface area contributed by atoms with Crippen LogP contribution in [-0.2, 0) is 4.74 Å². The van der Waals surface area contributed by atoms with Gasteiger partial charge in [-0.05, 0) is 25.0 Å². The summed E-state index contributed by atoms with van der Waals surface area (Å²) in [4.78, 5) is 21.7. The molecule has 2 aromatic heterocycles. The van der Waals surface area contributed by atoms with Gasteiger partial charge in [-0.15, -0.1) is 0 Å². The molecule has 1 aromatic carbocycles. The van der Waals surface area contributed by atoms with Crippen molar-refractivity contribution in [3.05, 3.63) is 59.4 Å². The molecular weight excluding hydrogens is 312 g/mol. The Bertz CT molecular complexity index is 920. The first kappa shape index (κ1) is 17.1. The van der Waals surface area contributed by atoms with E-state index < -0.39 is 5.97 Å². The van der Waals surface area contributed by atoms with Gasteiger partial charge in [0.25, 0.3) is 0 Å². The number of pyridine rings is 2. The first-order chi connectivity index (χ1) is 12.1. The van der Waals surface area contributed by atoms with E-state index >= 15 is 0 Å². The topological polar surface area (TPSA) is 52.1 Å². The predicted molar refractivity (Wildman–Crippen MR) is 99.8 cm³/mol. The molecule has 0 bridgehead atoms. The second-order valence-corrected chi connectivity index (χ2v) is 6.23. The number of hydrogen-bond acceptors (Lipinski definition) is 4. The largest absolute Gasteiger partial charge is 0.464 e. The molecule has 0 spiro atoms. The lowest BCUT2D eigenvalue weighted by molar-refractivity contribution is 0.0593. The van der Waals surface area contributed by atoms with E-state index in [-0.39, 0.29) is 5.92 Å². The molecule has 0 aliphatic rings. The van der Waals surface area contributed by atoms with Crippen molar-refractivity contribution in [3.8, 4) is 11.3 Å². The fourth-order valence-corrected chi connectivity index (χ4v) is 2.94. The van der Waals surface area contributed by atoms with Crippen molar-refractivity contribution in [1.29, 1.82) is 0 Å². The highest BCUT2D eigenvalue weighted by Crippen LogP contribution is 2.31. The molecule has 0 saturated carbocycles. The van der Waals surface area contributed by atoms with Crippen LogP contribution < -0.4 is 0 Å². The van der Waals surface area contributed by atoms with E-state index in [0.717, 1.165) is 39.8 Å². The molecule has 3 aromatic rings. The number of carbonyl (C=O) groups excluding carboxylic acids is 1. The summed E-state index contributed by atoms with van der Waals surface area (Å²) in [6.45, 7) is 6.11. The highest BCUT2D eigenvalue weighted by atomic mass is 16.5. The molecule has 1 unspecified atom stereocenters. The van der Waals surface area contributed by atoms with E-state index in [1.54, 1.807) is 0 Å². The number of methoxy groups -OCH3 is 1. The number of aryl methyl sites for hydroxylation is 1. The van der Waals surface area contributed by atoms with Crippen LogP contribution in [0.3, 0.4) is 0 Å². The third-order valence-corrected chi connectivity index (χ3v) is 4.66. The van der Waals surface area contributed by atoms with Crippen LogP contribution in [0.2, 0.25) is 0 Å². The van der Waals surface area contributed by atoms with Gasteiger partial charge in [-0.3, -0.25) is 0 Å². The lowest BCUT2D eigenvalue weighted by Gasteiger charge is -2.16. The molecular formula is C21H22N2O2. The zero-order valence-corrected chi connectivity index (χ0v) is 15.0. The third-order valence-electron chi connectivity index (χ3n) is 4.66. The van der Waals surface area contributed by atoms with Crippen molar-refractivity contribution in [2.45, 2.75) is 33.1 Å². The smallest absolute Gasteiger partial charge is 0.356 e. The molecule has 2 heterocycles. The average molecular weight is 334 g/mol. The van der Waals surface area contributed by atoms with Gasteiger partial charge < -0.3 is 4.74 Å². The monoisotopic (exact) mass is 334 g/mol. The summed E-state index contributed by atoms with van der Waals surface area (Å²) in [6, 6.07) is 14.1. The van der Waals surface area contributed by atoms with Gasteiger partial charge >= 0.3 is 5.97 Å². The summed E-state index contributed by atoms with van der Waals surface area (Å²) in [5, 5.41) is 0.949. The Labute approximate surface area is 147 Å². The van der Waals surface area contributed by atoms with Crippen LogP contribution in [0, 0.1) is 6.92 Å². The predicted octanol–water partition coefficient (Wildman–Crippen LogP) is 4.91. The third kappa shape index (κ3) is 3.12. The number of fused-ring (bicyclic) bond motifs is 1. The number of ether oxygens (including phenoxy) is 1. The minimum atomic E-state index is -0.406. The Morgan fingerprint density at radius 3 is 2.48 bits per heavy atom. The maximum Gasteiger partial charge on any atom is 0.356 e. The lowest BCUT2D eigenvalue weighted by atomic mass is 9.97. The Kier molecular flexibility index (Phi) is 4.79. The summed E-state index contributed by atoms with van der Waals surface area (Å²) in [5.41, 5.74) is 4.86. The van der Waals surface area contributed by atoms with Gasteiger partial charge in [-0.25, -0.2) is 14.8 Å². The van der Waals surface area contributed by atoms with Gasteiger partial charge in [0.15, 0.2) is 5.69 Å². The molecule has 1 atom stereocenters. The highest BCUT2D eigenvalue weighted by molar-refractivity contribution is 5.97. The van der Waals surface area contributed by atoms with Crippen LogP contribution in [0.1, 0.15) is 47.9 Å². The Hall–Kier alpha value is -2.75. The first-order valence-corrected chi connectivity index (χ1v) is 8.51. The van der Waals surface area contributed by atoms with Gasteiger partial charge in [0, 0.05) is 16.9 Å². The Morgan fingerprint density at radius 1 is 1.12 bits per heavy atom. The maximum atomic E-state index is 12.1. The van der Waals surface area contributed by atoms with Crippen molar-refractivity contribution in [3.63, 3.8) is 0 Å². The van der Waals surface area contributed by atoms with Crippen LogP contribution in [0.25, 0.3) is 22.2 Å². The average Bonchev–Trinajstić information content (AvgIpc) is 2.67. The molecule has 3 rings (SSSR count). The molecule has 25 heavy (non-hydrogen) atoms. The molecule has 0 saturated heterocycles. The van der Waals surface area contributed by atoms with Crippen molar-refractivity contribution in [2.75, 3.05) is 7.11 Å². The fourth-order valence-electron chi connectivity index (χ4n) is 2.94. The van der Waals surface area contributed by atoms with E-state index in [0.29, 0.717) is 5.69 Å². The van der Waals surface area contributed by atoms with Gasteiger partial charge in [-0.2, -0.15) is 0 Å².